The van der Waals surface area contributed by atoms with E-state index in [0.717, 1.165) is 25.5 Å². The fraction of sp³-hybridized carbons (Fsp3) is 0.650. The SMILES string of the molecule is CCNC(=NCC(C)(C)N(C)C)NC1CCN(c2ccccc2OC(F)F)C1.I. The Morgan fingerprint density at radius 1 is 1.34 bits per heavy atom. The van der Waals surface area contributed by atoms with Crippen LogP contribution >= 0.6 is 24.0 Å². The molecule has 9 heteroatoms. The van der Waals surface area contributed by atoms with Gasteiger partial charge >= 0.3 is 6.61 Å². The van der Waals surface area contributed by atoms with Crippen molar-refractivity contribution in [3.63, 3.8) is 0 Å². The number of rotatable bonds is 8. The topological polar surface area (TPSA) is 52.1 Å². The summed E-state index contributed by atoms with van der Waals surface area (Å²) in [5, 5.41) is 6.77. The monoisotopic (exact) mass is 525 g/mol. The minimum Gasteiger partial charge on any atom is -0.433 e. The number of hydrogen-bond donors (Lipinski definition) is 2. The molecule has 1 saturated heterocycles. The van der Waals surface area contributed by atoms with E-state index in [1.165, 1.54) is 0 Å². The molecule has 0 saturated carbocycles. The third-order valence-electron chi connectivity index (χ3n) is 5.13. The average Bonchev–Trinajstić information content (AvgIpc) is 3.08. The summed E-state index contributed by atoms with van der Waals surface area (Å²) in [6.45, 7) is 6.41. The Labute approximate surface area is 190 Å². The Balaban J connectivity index is 0.00000420. The number of nitrogens with one attached hydrogen (secondary N) is 2. The maximum Gasteiger partial charge on any atom is 0.387 e. The van der Waals surface area contributed by atoms with E-state index in [9.17, 15) is 8.78 Å². The standard InChI is InChI=1S/C20H33F2N5O.HI/c1-6-23-19(24-14-20(2,3)26(4)5)25-15-11-12-27(13-15)16-9-7-8-10-17(16)28-18(21)22;/h7-10,15,18H,6,11-14H2,1-5H3,(H2,23,24,25);1H. The first-order valence-electron chi connectivity index (χ1n) is 9.74. The molecule has 166 valence electrons. The molecule has 1 unspecified atom stereocenters. The van der Waals surface area contributed by atoms with Crippen LogP contribution in [0, 0.1) is 0 Å². The van der Waals surface area contributed by atoms with Gasteiger partial charge in [-0.15, -0.1) is 24.0 Å². The highest BCUT2D eigenvalue weighted by Crippen LogP contribution is 2.31. The zero-order valence-corrected chi connectivity index (χ0v) is 20.2. The van der Waals surface area contributed by atoms with E-state index < -0.39 is 6.61 Å². The number of hydrogen-bond acceptors (Lipinski definition) is 4. The lowest BCUT2D eigenvalue weighted by Crippen LogP contribution is -2.47. The molecular formula is C20H34F2IN5O. The van der Waals surface area contributed by atoms with Crippen LogP contribution in [-0.2, 0) is 0 Å². The summed E-state index contributed by atoms with van der Waals surface area (Å²) in [7, 11) is 4.09. The van der Waals surface area contributed by atoms with Gasteiger partial charge in [-0.1, -0.05) is 12.1 Å². The van der Waals surface area contributed by atoms with Crippen LogP contribution in [-0.4, -0.2) is 69.3 Å². The number of nitrogens with zero attached hydrogens (tertiary/aromatic N) is 3. The van der Waals surface area contributed by atoms with Gasteiger partial charge < -0.3 is 25.2 Å². The van der Waals surface area contributed by atoms with Crippen molar-refractivity contribution in [2.75, 3.05) is 45.2 Å². The second-order valence-electron chi connectivity index (χ2n) is 7.82. The lowest BCUT2D eigenvalue weighted by molar-refractivity contribution is -0.0495. The van der Waals surface area contributed by atoms with Crippen LogP contribution < -0.4 is 20.3 Å². The van der Waals surface area contributed by atoms with E-state index in [-0.39, 0.29) is 41.3 Å². The predicted molar refractivity (Wildman–Crippen MR) is 126 cm³/mol. The Morgan fingerprint density at radius 2 is 2.03 bits per heavy atom. The predicted octanol–water partition coefficient (Wildman–Crippen LogP) is 3.38. The van der Waals surface area contributed by atoms with E-state index in [1.807, 2.05) is 33.2 Å². The summed E-state index contributed by atoms with van der Waals surface area (Å²) in [5.41, 5.74) is 0.651. The molecule has 1 aromatic rings. The van der Waals surface area contributed by atoms with E-state index >= 15 is 0 Å². The first kappa shape index (κ1) is 25.7. The summed E-state index contributed by atoms with van der Waals surface area (Å²) in [6, 6.07) is 7.12. The third-order valence-corrected chi connectivity index (χ3v) is 5.13. The normalized spacial score (nSPS) is 17.5. The molecule has 1 aliphatic heterocycles. The highest BCUT2D eigenvalue weighted by atomic mass is 127. The average molecular weight is 525 g/mol. The van der Waals surface area contributed by atoms with Gasteiger partial charge in [0.1, 0.15) is 5.75 Å². The van der Waals surface area contributed by atoms with Gasteiger partial charge in [0.05, 0.1) is 12.2 Å². The number of likely N-dealkylation sites (N-methyl/N-ethyl adjacent to an activating group) is 1. The highest BCUT2D eigenvalue weighted by molar-refractivity contribution is 14.0. The Morgan fingerprint density at radius 3 is 2.66 bits per heavy atom. The van der Waals surface area contributed by atoms with Crippen molar-refractivity contribution in [1.82, 2.24) is 15.5 Å². The molecule has 0 spiro atoms. The first-order chi connectivity index (χ1) is 13.2. The largest absolute Gasteiger partial charge is 0.433 e. The Kier molecular flexibility index (Phi) is 10.4. The summed E-state index contributed by atoms with van der Waals surface area (Å²) < 4.78 is 30.0. The fourth-order valence-electron chi connectivity index (χ4n) is 2.94. The quantitative estimate of drug-likeness (QED) is 0.310. The van der Waals surface area contributed by atoms with Gasteiger partial charge in [-0.2, -0.15) is 8.78 Å². The Bertz CT molecular complexity index is 658. The van der Waals surface area contributed by atoms with Gasteiger partial charge in [0.25, 0.3) is 0 Å². The summed E-state index contributed by atoms with van der Waals surface area (Å²) in [5.74, 6) is 0.993. The molecule has 29 heavy (non-hydrogen) atoms. The molecule has 1 aromatic carbocycles. The highest BCUT2D eigenvalue weighted by Gasteiger charge is 2.26. The lowest BCUT2D eigenvalue weighted by Gasteiger charge is -2.31. The number of alkyl halides is 2. The molecule has 1 aliphatic rings. The Hall–Kier alpha value is -1.36. The molecule has 2 N–H and O–H groups in total. The van der Waals surface area contributed by atoms with Crippen molar-refractivity contribution >= 4 is 35.6 Å². The van der Waals surface area contributed by atoms with Crippen molar-refractivity contribution in [3.8, 4) is 5.75 Å². The van der Waals surface area contributed by atoms with Gasteiger partial charge in [0, 0.05) is 31.2 Å². The second kappa shape index (κ2) is 11.7. The van der Waals surface area contributed by atoms with Crippen molar-refractivity contribution in [2.45, 2.75) is 45.4 Å². The van der Waals surface area contributed by atoms with Gasteiger partial charge in [-0.05, 0) is 53.4 Å². The van der Waals surface area contributed by atoms with Crippen LogP contribution in [0.3, 0.4) is 0 Å². The molecule has 1 heterocycles. The molecule has 0 amide bonds. The lowest BCUT2D eigenvalue weighted by atomic mass is 10.1. The molecule has 2 rings (SSSR count). The van der Waals surface area contributed by atoms with Gasteiger partial charge in [-0.3, -0.25) is 4.99 Å². The molecule has 1 fully saturated rings. The van der Waals surface area contributed by atoms with Crippen LogP contribution in [0.2, 0.25) is 0 Å². The smallest absolute Gasteiger partial charge is 0.387 e. The molecule has 0 bridgehead atoms. The van der Waals surface area contributed by atoms with E-state index in [0.29, 0.717) is 18.8 Å². The second-order valence-corrected chi connectivity index (χ2v) is 7.82. The van der Waals surface area contributed by atoms with Crippen LogP contribution in [0.1, 0.15) is 27.2 Å². The van der Waals surface area contributed by atoms with Crippen molar-refractivity contribution in [2.24, 2.45) is 4.99 Å². The minimum atomic E-state index is -2.83. The van der Waals surface area contributed by atoms with Crippen molar-refractivity contribution in [3.05, 3.63) is 24.3 Å². The van der Waals surface area contributed by atoms with Crippen LogP contribution in [0.15, 0.2) is 29.3 Å². The van der Waals surface area contributed by atoms with E-state index in [2.05, 4.69) is 39.0 Å². The number of halogens is 3. The van der Waals surface area contributed by atoms with Gasteiger partial charge in [-0.25, -0.2) is 0 Å². The maximum absolute atomic E-state index is 12.7. The molecule has 1 atom stereocenters. The maximum atomic E-state index is 12.7. The number of benzene rings is 1. The van der Waals surface area contributed by atoms with Gasteiger partial charge in [0.15, 0.2) is 5.96 Å². The fourth-order valence-corrected chi connectivity index (χ4v) is 2.94. The summed E-state index contributed by atoms with van der Waals surface area (Å²) >= 11 is 0. The number of anilines is 1. The molecular weight excluding hydrogens is 491 g/mol. The van der Waals surface area contributed by atoms with E-state index in [4.69, 9.17) is 4.99 Å². The van der Waals surface area contributed by atoms with Gasteiger partial charge in [0.2, 0.25) is 0 Å². The van der Waals surface area contributed by atoms with Crippen molar-refractivity contribution < 1.29 is 13.5 Å². The number of ether oxygens (including phenoxy) is 1. The zero-order valence-electron chi connectivity index (χ0n) is 17.9. The molecule has 0 aliphatic carbocycles. The summed E-state index contributed by atoms with van der Waals surface area (Å²) in [4.78, 5) is 8.96. The van der Waals surface area contributed by atoms with Crippen molar-refractivity contribution in [1.29, 1.82) is 0 Å². The number of guanidine groups is 1. The summed E-state index contributed by atoms with van der Waals surface area (Å²) in [6.07, 6.45) is 0.893. The molecule has 6 nitrogen and oxygen atoms in total. The van der Waals surface area contributed by atoms with Crippen LogP contribution in [0.5, 0.6) is 5.75 Å². The van der Waals surface area contributed by atoms with E-state index in [1.54, 1.807) is 12.1 Å². The minimum absolute atomic E-state index is 0. The van der Waals surface area contributed by atoms with Crippen LogP contribution in [0.25, 0.3) is 0 Å². The molecule has 0 aromatic heterocycles. The molecule has 0 radical (unpaired) electrons. The van der Waals surface area contributed by atoms with Crippen LogP contribution in [0.4, 0.5) is 14.5 Å². The number of para-hydroxylation sites is 2. The first-order valence-corrected chi connectivity index (χ1v) is 9.74. The number of aliphatic imine (C=N–C) groups is 1. The zero-order chi connectivity index (χ0) is 20.7. The third kappa shape index (κ3) is 7.76.